The smallest absolute Gasteiger partial charge is 0.306 e. The Morgan fingerprint density at radius 2 is 2.10 bits per heavy atom. The summed E-state index contributed by atoms with van der Waals surface area (Å²) in [4.78, 5) is 22.9. The SMILES string of the molecule is CCCC(=O)NC(C)(CC(=O)O)c1cccc(OC)c1. The number of amides is 1. The third-order valence-corrected chi connectivity index (χ3v) is 3.10. The Hall–Kier alpha value is -2.04. The number of ether oxygens (including phenoxy) is 1. The van der Waals surface area contributed by atoms with Gasteiger partial charge in [-0.2, -0.15) is 0 Å². The van der Waals surface area contributed by atoms with E-state index in [4.69, 9.17) is 9.84 Å². The van der Waals surface area contributed by atoms with Crippen LogP contribution in [-0.2, 0) is 15.1 Å². The summed E-state index contributed by atoms with van der Waals surface area (Å²) in [6.45, 7) is 3.61. The fraction of sp³-hybridized carbons (Fsp3) is 0.467. The lowest BCUT2D eigenvalue weighted by atomic mass is 9.88. The minimum absolute atomic E-state index is 0.154. The number of carbonyl (C=O) groups excluding carboxylic acids is 1. The fourth-order valence-electron chi connectivity index (χ4n) is 2.08. The highest BCUT2D eigenvalue weighted by Gasteiger charge is 2.31. The molecule has 0 saturated carbocycles. The third kappa shape index (κ3) is 4.26. The highest BCUT2D eigenvalue weighted by Crippen LogP contribution is 2.28. The summed E-state index contributed by atoms with van der Waals surface area (Å²) in [5.74, 6) is -0.491. The summed E-state index contributed by atoms with van der Waals surface area (Å²) >= 11 is 0. The number of rotatable bonds is 7. The summed E-state index contributed by atoms with van der Waals surface area (Å²) in [6, 6.07) is 7.09. The second-order valence-electron chi connectivity index (χ2n) is 4.93. The minimum Gasteiger partial charge on any atom is -0.497 e. The van der Waals surface area contributed by atoms with Crippen LogP contribution in [0.4, 0.5) is 0 Å². The Bertz CT molecular complexity index is 487. The van der Waals surface area contributed by atoms with Crippen molar-refractivity contribution in [2.45, 2.75) is 38.6 Å². The average Bonchev–Trinajstić information content (AvgIpc) is 2.38. The van der Waals surface area contributed by atoms with Crippen molar-refractivity contribution in [2.24, 2.45) is 0 Å². The first-order chi connectivity index (χ1) is 9.41. The summed E-state index contributed by atoms with van der Waals surface area (Å²) in [7, 11) is 1.54. The lowest BCUT2D eigenvalue weighted by Gasteiger charge is -2.30. The Morgan fingerprint density at radius 3 is 2.65 bits per heavy atom. The van der Waals surface area contributed by atoms with Gasteiger partial charge in [-0.15, -0.1) is 0 Å². The number of hydrogen-bond donors (Lipinski definition) is 2. The number of aliphatic carboxylic acids is 1. The van der Waals surface area contributed by atoms with Crippen LogP contribution in [0.1, 0.15) is 38.7 Å². The van der Waals surface area contributed by atoms with Crippen molar-refractivity contribution in [1.29, 1.82) is 0 Å². The van der Waals surface area contributed by atoms with Gasteiger partial charge in [0.25, 0.3) is 0 Å². The average molecular weight is 279 g/mol. The molecular weight excluding hydrogens is 258 g/mol. The second-order valence-corrected chi connectivity index (χ2v) is 4.93. The molecule has 1 aromatic rings. The standard InChI is InChI=1S/C15H21NO4/c1-4-6-13(17)16-15(2,10-14(18)19)11-7-5-8-12(9-11)20-3/h5,7-9H,4,6,10H2,1-3H3,(H,16,17)(H,18,19). The van der Waals surface area contributed by atoms with Crippen molar-refractivity contribution in [3.8, 4) is 5.75 Å². The van der Waals surface area contributed by atoms with E-state index < -0.39 is 11.5 Å². The molecule has 0 aliphatic heterocycles. The number of nitrogens with one attached hydrogen (secondary N) is 1. The maximum atomic E-state index is 11.8. The highest BCUT2D eigenvalue weighted by molar-refractivity contribution is 5.78. The quantitative estimate of drug-likeness (QED) is 0.803. The first-order valence-corrected chi connectivity index (χ1v) is 6.58. The van der Waals surface area contributed by atoms with Gasteiger partial charge in [0.05, 0.1) is 19.1 Å². The lowest BCUT2D eigenvalue weighted by molar-refractivity contribution is -0.139. The number of carboxylic acids is 1. The molecule has 0 aromatic heterocycles. The van der Waals surface area contributed by atoms with Gasteiger partial charge in [0.2, 0.25) is 5.91 Å². The molecule has 1 atom stereocenters. The predicted octanol–water partition coefficient (Wildman–Crippen LogP) is 2.30. The molecule has 1 rings (SSSR count). The molecule has 0 aliphatic rings. The van der Waals surface area contributed by atoms with E-state index in [1.54, 1.807) is 38.3 Å². The summed E-state index contributed by atoms with van der Waals surface area (Å²) in [5, 5.41) is 11.9. The molecule has 1 unspecified atom stereocenters. The molecule has 0 heterocycles. The lowest BCUT2D eigenvalue weighted by Crippen LogP contribution is -2.45. The van der Waals surface area contributed by atoms with E-state index in [-0.39, 0.29) is 12.3 Å². The molecule has 20 heavy (non-hydrogen) atoms. The Balaban J connectivity index is 3.08. The zero-order chi connectivity index (χ0) is 15.2. The van der Waals surface area contributed by atoms with Crippen molar-refractivity contribution < 1.29 is 19.4 Å². The van der Waals surface area contributed by atoms with E-state index in [1.807, 2.05) is 6.92 Å². The maximum Gasteiger partial charge on any atom is 0.306 e. The van der Waals surface area contributed by atoms with E-state index in [1.165, 1.54) is 0 Å². The van der Waals surface area contributed by atoms with Crippen molar-refractivity contribution in [1.82, 2.24) is 5.32 Å². The summed E-state index contributed by atoms with van der Waals surface area (Å²) < 4.78 is 5.15. The molecule has 1 aromatic carbocycles. The number of carboxylic acid groups (broad SMARTS) is 1. The molecule has 0 saturated heterocycles. The normalized spacial score (nSPS) is 13.3. The van der Waals surface area contributed by atoms with Gasteiger partial charge in [-0.25, -0.2) is 0 Å². The van der Waals surface area contributed by atoms with E-state index in [2.05, 4.69) is 5.32 Å². The van der Waals surface area contributed by atoms with Crippen LogP contribution in [-0.4, -0.2) is 24.1 Å². The van der Waals surface area contributed by atoms with E-state index >= 15 is 0 Å². The molecule has 1 amide bonds. The molecule has 0 radical (unpaired) electrons. The molecule has 5 nitrogen and oxygen atoms in total. The molecular formula is C15H21NO4. The minimum atomic E-state index is -0.966. The number of carbonyl (C=O) groups is 2. The van der Waals surface area contributed by atoms with Gasteiger partial charge in [-0.3, -0.25) is 9.59 Å². The van der Waals surface area contributed by atoms with Gasteiger partial charge in [0.15, 0.2) is 0 Å². The predicted molar refractivity (Wildman–Crippen MR) is 75.6 cm³/mol. The van der Waals surface area contributed by atoms with E-state index in [0.29, 0.717) is 24.2 Å². The van der Waals surface area contributed by atoms with Crippen LogP contribution in [0.5, 0.6) is 5.75 Å². The van der Waals surface area contributed by atoms with Crippen LogP contribution >= 0.6 is 0 Å². The Kier molecular flexibility index (Phi) is 5.55. The molecule has 0 spiro atoms. The van der Waals surface area contributed by atoms with Crippen molar-refractivity contribution in [2.75, 3.05) is 7.11 Å². The highest BCUT2D eigenvalue weighted by atomic mass is 16.5. The largest absolute Gasteiger partial charge is 0.497 e. The van der Waals surface area contributed by atoms with Gasteiger partial charge in [-0.1, -0.05) is 19.1 Å². The van der Waals surface area contributed by atoms with Crippen molar-refractivity contribution in [3.63, 3.8) is 0 Å². The Morgan fingerprint density at radius 1 is 1.40 bits per heavy atom. The van der Waals surface area contributed by atoms with Gasteiger partial charge in [-0.05, 0) is 31.0 Å². The fourth-order valence-corrected chi connectivity index (χ4v) is 2.08. The van der Waals surface area contributed by atoms with Crippen LogP contribution in [0.25, 0.3) is 0 Å². The van der Waals surface area contributed by atoms with Crippen LogP contribution in [0, 0.1) is 0 Å². The maximum absolute atomic E-state index is 11.8. The monoisotopic (exact) mass is 279 g/mol. The van der Waals surface area contributed by atoms with Crippen molar-refractivity contribution in [3.05, 3.63) is 29.8 Å². The number of hydrogen-bond acceptors (Lipinski definition) is 3. The van der Waals surface area contributed by atoms with E-state index in [0.717, 1.165) is 0 Å². The molecule has 0 aliphatic carbocycles. The first kappa shape index (κ1) is 16.0. The van der Waals surface area contributed by atoms with Gasteiger partial charge in [0.1, 0.15) is 5.75 Å². The topological polar surface area (TPSA) is 75.6 Å². The van der Waals surface area contributed by atoms with Gasteiger partial charge >= 0.3 is 5.97 Å². The second kappa shape index (κ2) is 6.93. The zero-order valence-corrected chi connectivity index (χ0v) is 12.1. The van der Waals surface area contributed by atoms with Crippen LogP contribution in [0.15, 0.2) is 24.3 Å². The molecule has 5 heteroatoms. The number of benzene rings is 1. The van der Waals surface area contributed by atoms with Crippen LogP contribution < -0.4 is 10.1 Å². The van der Waals surface area contributed by atoms with Crippen LogP contribution in [0.3, 0.4) is 0 Å². The summed E-state index contributed by atoms with van der Waals surface area (Å²) in [5.41, 5.74) is -0.240. The van der Waals surface area contributed by atoms with Crippen molar-refractivity contribution >= 4 is 11.9 Å². The number of methoxy groups -OCH3 is 1. The third-order valence-electron chi connectivity index (χ3n) is 3.10. The molecule has 0 fully saturated rings. The van der Waals surface area contributed by atoms with Gasteiger partial charge in [0, 0.05) is 6.42 Å². The first-order valence-electron chi connectivity index (χ1n) is 6.58. The summed E-state index contributed by atoms with van der Waals surface area (Å²) in [6.07, 6.45) is 0.905. The molecule has 2 N–H and O–H groups in total. The van der Waals surface area contributed by atoms with Gasteiger partial charge < -0.3 is 15.2 Å². The molecule has 0 bridgehead atoms. The molecule has 110 valence electrons. The zero-order valence-electron chi connectivity index (χ0n) is 12.1. The van der Waals surface area contributed by atoms with Crippen LogP contribution in [0.2, 0.25) is 0 Å². The Labute approximate surface area is 118 Å². The van der Waals surface area contributed by atoms with E-state index in [9.17, 15) is 9.59 Å².